The normalized spacial score (nSPS) is 10.8. The number of rotatable bonds is 6. The van der Waals surface area contributed by atoms with Crippen LogP contribution in [0.1, 0.15) is 34.7 Å². The van der Waals surface area contributed by atoms with Crippen LogP contribution in [0.5, 0.6) is 5.75 Å². The lowest BCUT2D eigenvalue weighted by Gasteiger charge is -2.16. The lowest BCUT2D eigenvalue weighted by atomic mass is 10.0. The molecule has 7 nitrogen and oxygen atoms in total. The Bertz CT molecular complexity index is 1130. The largest absolute Gasteiger partial charge is 0.489 e. The van der Waals surface area contributed by atoms with Gasteiger partial charge >= 0.3 is 11.9 Å². The van der Waals surface area contributed by atoms with Gasteiger partial charge in [0.2, 0.25) is 0 Å². The molecule has 3 rings (SSSR count). The third-order valence-corrected chi connectivity index (χ3v) is 5.53. The maximum atomic E-state index is 12.9. The van der Waals surface area contributed by atoms with E-state index in [1.54, 1.807) is 18.2 Å². The van der Waals surface area contributed by atoms with Crippen molar-refractivity contribution in [2.75, 3.05) is 14.2 Å². The summed E-state index contributed by atoms with van der Waals surface area (Å²) in [5, 5.41) is 4.65. The highest BCUT2D eigenvalue weighted by Crippen LogP contribution is 2.40. The molecule has 1 aromatic heterocycles. The Hall–Kier alpha value is -2.40. The number of hydrogen-bond acceptors (Lipinski definition) is 6. The molecular weight excluding hydrogens is 579 g/mol. The third kappa shape index (κ3) is 4.77. The molecule has 0 saturated carbocycles. The van der Waals surface area contributed by atoms with E-state index in [-0.39, 0.29) is 23.1 Å². The van der Waals surface area contributed by atoms with Crippen molar-refractivity contribution < 1.29 is 23.8 Å². The van der Waals surface area contributed by atoms with E-state index in [1.807, 2.05) is 38.1 Å². The number of aromatic nitrogens is 2. The van der Waals surface area contributed by atoms with Crippen molar-refractivity contribution in [3.8, 4) is 22.7 Å². The number of para-hydroxylation sites is 1. The van der Waals surface area contributed by atoms with Gasteiger partial charge in [-0.15, -0.1) is 0 Å². The Kier molecular flexibility index (Phi) is 7.37. The van der Waals surface area contributed by atoms with E-state index in [2.05, 4.69) is 43.6 Å². The minimum Gasteiger partial charge on any atom is -0.489 e. The molecule has 0 fully saturated rings. The molecule has 0 N–H and O–H groups in total. The van der Waals surface area contributed by atoms with Crippen LogP contribution in [0.15, 0.2) is 46.9 Å². The fourth-order valence-corrected chi connectivity index (χ4v) is 4.67. The van der Waals surface area contributed by atoms with Crippen LogP contribution in [0.2, 0.25) is 0 Å². The van der Waals surface area contributed by atoms with Gasteiger partial charge in [0.25, 0.3) is 0 Å². The van der Waals surface area contributed by atoms with Crippen molar-refractivity contribution in [1.29, 1.82) is 0 Å². The summed E-state index contributed by atoms with van der Waals surface area (Å²) in [5.41, 5.74) is 1.37. The quantitative estimate of drug-likeness (QED) is 0.284. The van der Waals surface area contributed by atoms with Crippen LogP contribution < -0.4 is 4.74 Å². The van der Waals surface area contributed by atoms with E-state index in [0.717, 1.165) is 8.04 Å². The number of halogens is 2. The highest BCUT2D eigenvalue weighted by atomic mass is 127. The van der Waals surface area contributed by atoms with Crippen LogP contribution in [-0.2, 0) is 9.47 Å². The van der Waals surface area contributed by atoms with Crippen LogP contribution >= 0.6 is 38.5 Å². The second kappa shape index (κ2) is 9.82. The number of carbonyl (C=O) groups is 2. The van der Waals surface area contributed by atoms with Gasteiger partial charge in [0, 0.05) is 10.0 Å². The molecule has 0 spiro atoms. The van der Waals surface area contributed by atoms with E-state index in [9.17, 15) is 9.59 Å². The van der Waals surface area contributed by atoms with E-state index >= 15 is 0 Å². The van der Waals surface area contributed by atoms with E-state index in [4.69, 9.17) is 14.2 Å². The number of esters is 2. The molecule has 0 amide bonds. The van der Waals surface area contributed by atoms with Crippen molar-refractivity contribution >= 4 is 50.5 Å². The number of nitrogens with zero attached hydrogens (tertiary/aromatic N) is 2. The number of hydrogen-bond donors (Lipinski definition) is 0. The standard InChI is InChI=1S/C22H20BrIN2O5/c1-12(2)31-20-15(10-13(23)11-16(20)24)18-17(21(27)29-3)19(22(28)30-4)26(25-18)14-8-6-5-7-9-14/h5-12H,1-4H3. The first-order valence-electron chi connectivity index (χ1n) is 9.29. The number of methoxy groups -OCH3 is 2. The first kappa shape index (κ1) is 23.3. The molecule has 162 valence electrons. The van der Waals surface area contributed by atoms with Gasteiger partial charge in [-0.3, -0.25) is 0 Å². The average Bonchev–Trinajstić information content (AvgIpc) is 3.15. The maximum Gasteiger partial charge on any atom is 0.357 e. The third-order valence-electron chi connectivity index (χ3n) is 4.27. The van der Waals surface area contributed by atoms with Crippen LogP contribution in [0.25, 0.3) is 16.9 Å². The minimum absolute atomic E-state index is 0.000657. The monoisotopic (exact) mass is 598 g/mol. The zero-order chi connectivity index (χ0) is 22.7. The molecule has 0 bridgehead atoms. The predicted molar refractivity (Wildman–Crippen MR) is 128 cm³/mol. The summed E-state index contributed by atoms with van der Waals surface area (Å²) < 4.78 is 19.0. The molecule has 0 aliphatic heterocycles. The van der Waals surface area contributed by atoms with E-state index in [1.165, 1.54) is 18.9 Å². The SMILES string of the molecule is COC(=O)c1c(-c2cc(Br)cc(I)c2OC(C)C)nn(-c2ccccc2)c1C(=O)OC. The van der Waals surface area contributed by atoms with Crippen LogP contribution in [0.4, 0.5) is 0 Å². The summed E-state index contributed by atoms with van der Waals surface area (Å²) in [4.78, 5) is 25.6. The Morgan fingerprint density at radius 2 is 1.71 bits per heavy atom. The summed E-state index contributed by atoms with van der Waals surface area (Å²) in [6.07, 6.45) is -0.119. The molecule has 3 aromatic rings. The van der Waals surface area contributed by atoms with E-state index in [0.29, 0.717) is 17.0 Å². The Morgan fingerprint density at radius 1 is 1.06 bits per heavy atom. The van der Waals surface area contributed by atoms with Crippen LogP contribution in [0.3, 0.4) is 0 Å². The smallest absolute Gasteiger partial charge is 0.357 e. The van der Waals surface area contributed by atoms with Gasteiger partial charge in [0.1, 0.15) is 17.0 Å². The van der Waals surface area contributed by atoms with Gasteiger partial charge in [-0.1, -0.05) is 34.1 Å². The van der Waals surface area contributed by atoms with Crippen molar-refractivity contribution in [3.63, 3.8) is 0 Å². The molecule has 0 radical (unpaired) electrons. The molecular formula is C22H20BrIN2O5. The molecule has 31 heavy (non-hydrogen) atoms. The Labute approximate surface area is 202 Å². The predicted octanol–water partition coefficient (Wildman–Crippen LogP) is 5.27. The van der Waals surface area contributed by atoms with Crippen LogP contribution in [0, 0.1) is 3.57 Å². The number of benzene rings is 2. The first-order chi connectivity index (χ1) is 14.8. The van der Waals surface area contributed by atoms with Crippen molar-refractivity contribution in [2.45, 2.75) is 20.0 Å². The first-order valence-corrected chi connectivity index (χ1v) is 11.2. The molecule has 9 heteroatoms. The molecule has 2 aromatic carbocycles. The zero-order valence-corrected chi connectivity index (χ0v) is 21.1. The van der Waals surface area contributed by atoms with Gasteiger partial charge in [0.15, 0.2) is 5.69 Å². The van der Waals surface area contributed by atoms with Crippen LogP contribution in [-0.4, -0.2) is 42.0 Å². The van der Waals surface area contributed by atoms with Gasteiger partial charge in [-0.25, -0.2) is 14.3 Å². The van der Waals surface area contributed by atoms with Crippen molar-refractivity contribution in [1.82, 2.24) is 9.78 Å². The summed E-state index contributed by atoms with van der Waals surface area (Å²) >= 11 is 5.66. The zero-order valence-electron chi connectivity index (χ0n) is 17.3. The fourth-order valence-electron chi connectivity index (χ4n) is 3.03. The molecule has 1 heterocycles. The minimum atomic E-state index is -0.709. The maximum absolute atomic E-state index is 12.9. The Balaban J connectivity index is 2.43. The topological polar surface area (TPSA) is 79.7 Å². The number of ether oxygens (including phenoxy) is 3. The molecule has 0 saturated heterocycles. The Morgan fingerprint density at radius 3 is 2.29 bits per heavy atom. The fraction of sp³-hybridized carbons (Fsp3) is 0.227. The molecule has 0 aliphatic carbocycles. The highest BCUT2D eigenvalue weighted by Gasteiger charge is 2.33. The average molecular weight is 599 g/mol. The van der Waals surface area contributed by atoms with E-state index < -0.39 is 11.9 Å². The van der Waals surface area contributed by atoms with Gasteiger partial charge in [-0.05, 0) is 60.7 Å². The second-order valence-corrected chi connectivity index (χ2v) is 8.81. The molecule has 0 unspecified atom stereocenters. The lowest BCUT2D eigenvalue weighted by molar-refractivity contribution is 0.0549. The summed E-state index contributed by atoms with van der Waals surface area (Å²) in [6, 6.07) is 12.7. The highest BCUT2D eigenvalue weighted by molar-refractivity contribution is 14.1. The second-order valence-electron chi connectivity index (χ2n) is 6.73. The molecule has 0 atom stereocenters. The van der Waals surface area contributed by atoms with Gasteiger partial charge in [-0.2, -0.15) is 5.10 Å². The van der Waals surface area contributed by atoms with Crippen molar-refractivity contribution in [2.24, 2.45) is 0 Å². The van der Waals surface area contributed by atoms with Gasteiger partial charge < -0.3 is 14.2 Å². The van der Waals surface area contributed by atoms with Crippen molar-refractivity contribution in [3.05, 3.63) is 61.8 Å². The summed E-state index contributed by atoms with van der Waals surface area (Å²) in [6.45, 7) is 3.82. The summed E-state index contributed by atoms with van der Waals surface area (Å²) in [7, 11) is 2.50. The lowest BCUT2D eigenvalue weighted by Crippen LogP contribution is -2.15. The van der Waals surface area contributed by atoms with Gasteiger partial charge in [0.05, 0.1) is 29.6 Å². The molecule has 0 aliphatic rings. The number of carbonyl (C=O) groups excluding carboxylic acids is 2. The summed E-state index contributed by atoms with van der Waals surface area (Å²) in [5.74, 6) is -0.861.